The summed E-state index contributed by atoms with van der Waals surface area (Å²) in [6.45, 7) is 9.13. The lowest BCUT2D eigenvalue weighted by Crippen LogP contribution is -2.65. The molecule has 6 nitrogen and oxygen atoms in total. The fourth-order valence-corrected chi connectivity index (χ4v) is 16.6. The van der Waals surface area contributed by atoms with Crippen LogP contribution in [0.15, 0.2) is 291 Å². The molecule has 6 aliphatic rings. The number of ether oxygens (including phenoxy) is 2. The summed E-state index contributed by atoms with van der Waals surface area (Å²) in [5.41, 5.74) is 30.6. The molecule has 19 rings (SSSR count). The predicted octanol–water partition coefficient (Wildman–Crippen LogP) is 18.0. The first kappa shape index (κ1) is 52.7. The monoisotopic (exact) mass is 1180 g/mol. The van der Waals surface area contributed by atoms with Crippen LogP contribution in [0.5, 0.6) is 23.0 Å². The van der Waals surface area contributed by atoms with Gasteiger partial charge >= 0.3 is 0 Å². The summed E-state index contributed by atoms with van der Waals surface area (Å²) in [5, 5.41) is 0. The van der Waals surface area contributed by atoms with Crippen molar-refractivity contribution >= 4 is 114 Å². The van der Waals surface area contributed by atoms with Crippen LogP contribution < -0.4 is 61.9 Å². The maximum atomic E-state index is 7.09. The molecule has 4 heterocycles. The first-order valence-electron chi connectivity index (χ1n) is 32.1. The molecule has 0 radical (unpaired) electrons. The maximum Gasteiger partial charge on any atom is 0.252 e. The number of benzene rings is 13. The Morgan fingerprint density at radius 3 is 0.989 bits per heavy atom. The first-order chi connectivity index (χ1) is 45.2. The van der Waals surface area contributed by atoms with Crippen LogP contribution in [0, 0.1) is 0 Å². The van der Waals surface area contributed by atoms with Crippen molar-refractivity contribution in [3.63, 3.8) is 0 Å². The lowest BCUT2D eigenvalue weighted by Gasteiger charge is -2.47. The Bertz CT molecular complexity index is 4910. The smallest absolute Gasteiger partial charge is 0.252 e. The van der Waals surface area contributed by atoms with Gasteiger partial charge in [-0.1, -0.05) is 204 Å². The highest BCUT2D eigenvalue weighted by molar-refractivity contribution is 7.03. The van der Waals surface area contributed by atoms with Gasteiger partial charge in [0.2, 0.25) is 0 Å². The van der Waals surface area contributed by atoms with Crippen molar-refractivity contribution in [2.45, 2.75) is 38.5 Å². The zero-order chi connectivity index (χ0) is 61.1. The van der Waals surface area contributed by atoms with Crippen LogP contribution in [0.2, 0.25) is 0 Å². The van der Waals surface area contributed by atoms with Gasteiger partial charge in [-0.15, -0.1) is 0 Å². The van der Waals surface area contributed by atoms with Crippen LogP contribution in [-0.2, 0) is 10.8 Å². The van der Waals surface area contributed by atoms with Crippen LogP contribution in [0.3, 0.4) is 0 Å². The number of hydrogen-bond donors (Lipinski definition) is 0. The van der Waals surface area contributed by atoms with Crippen molar-refractivity contribution < 1.29 is 9.47 Å². The summed E-state index contributed by atoms with van der Waals surface area (Å²) < 4.78 is 14.2. The summed E-state index contributed by atoms with van der Waals surface area (Å²) >= 11 is 0. The molecule has 434 valence electrons. The van der Waals surface area contributed by atoms with Crippen LogP contribution >= 0.6 is 0 Å². The van der Waals surface area contributed by atoms with E-state index in [9.17, 15) is 0 Å². The van der Waals surface area contributed by atoms with Crippen molar-refractivity contribution in [1.82, 2.24) is 0 Å². The highest BCUT2D eigenvalue weighted by Gasteiger charge is 2.50. The van der Waals surface area contributed by atoms with E-state index < -0.39 is 0 Å². The van der Waals surface area contributed by atoms with E-state index in [-0.39, 0.29) is 24.3 Å². The zero-order valence-electron chi connectivity index (χ0n) is 51.5. The zero-order valence-corrected chi connectivity index (χ0v) is 51.5. The minimum Gasteiger partial charge on any atom is -0.457 e. The third kappa shape index (κ3) is 7.58. The number of fused-ring (bicyclic) bond motifs is 14. The number of hydrogen-bond acceptors (Lipinski definition) is 6. The summed E-state index contributed by atoms with van der Waals surface area (Å²) in [6.07, 6.45) is 0. The summed E-state index contributed by atoms with van der Waals surface area (Å²) in [7, 11) is 0. The second kappa shape index (κ2) is 19.6. The molecular weight excluding hydrogens is 1120 g/mol. The minimum absolute atomic E-state index is 0.185. The fraction of sp³-hybridized carbons (Fsp3) is 0.0714. The molecule has 0 atom stereocenters. The van der Waals surface area contributed by atoms with Gasteiger partial charge in [-0.25, -0.2) is 0 Å². The summed E-state index contributed by atoms with van der Waals surface area (Å²) in [5.74, 6) is 3.05. The van der Waals surface area contributed by atoms with Gasteiger partial charge in [0.05, 0.1) is 0 Å². The van der Waals surface area contributed by atoms with E-state index in [0.717, 1.165) is 91.2 Å². The second-order valence-corrected chi connectivity index (χ2v) is 26.3. The number of nitrogens with zero attached hydrogens (tertiary/aromatic N) is 4. The van der Waals surface area contributed by atoms with Crippen molar-refractivity contribution in [1.29, 1.82) is 0 Å². The molecule has 0 unspecified atom stereocenters. The molecule has 0 fully saturated rings. The largest absolute Gasteiger partial charge is 0.457 e. The molecule has 0 bridgehead atoms. The van der Waals surface area contributed by atoms with Crippen LogP contribution in [0.1, 0.15) is 49.9 Å². The molecule has 8 heteroatoms. The van der Waals surface area contributed by atoms with Crippen molar-refractivity contribution in [2.24, 2.45) is 0 Å². The third-order valence-corrected chi connectivity index (χ3v) is 20.7. The molecule has 0 aromatic heterocycles. The van der Waals surface area contributed by atoms with E-state index in [1.54, 1.807) is 0 Å². The lowest BCUT2D eigenvalue weighted by molar-refractivity contribution is 0.483. The SMILES string of the molecule is CC1(C)c2ccccc2-c2ccc(N3c4ccccc4B4c5cc6c(cc5N(c5ccccc5)c5cc(Oc7ccccc7)cc3c54)N(c3ccccc3)c3cc(Oc4ccccc4)cc4c3B6c3ccccc3N4c3ccc4c(c3)C(C)(C)c3ccccc3-4)cc21. The molecule has 4 aliphatic heterocycles. The topological polar surface area (TPSA) is 31.4 Å². The van der Waals surface area contributed by atoms with Gasteiger partial charge in [-0.2, -0.15) is 0 Å². The van der Waals surface area contributed by atoms with Crippen molar-refractivity contribution in [3.8, 4) is 45.3 Å². The van der Waals surface area contributed by atoms with Crippen LogP contribution in [0.4, 0.5) is 68.2 Å². The molecule has 13 aromatic carbocycles. The Balaban J connectivity index is 0.883. The van der Waals surface area contributed by atoms with Gasteiger partial charge in [-0.05, 0) is 168 Å². The van der Waals surface area contributed by atoms with E-state index in [1.807, 2.05) is 60.7 Å². The van der Waals surface area contributed by atoms with Gasteiger partial charge in [0.1, 0.15) is 23.0 Å². The molecular formula is C84H60B2N4O2. The Morgan fingerprint density at radius 2 is 0.576 bits per heavy atom. The molecule has 2 aliphatic carbocycles. The predicted molar refractivity (Wildman–Crippen MR) is 383 cm³/mol. The fourth-order valence-electron chi connectivity index (χ4n) is 16.6. The molecule has 0 saturated heterocycles. The van der Waals surface area contributed by atoms with Gasteiger partial charge < -0.3 is 29.1 Å². The summed E-state index contributed by atoms with van der Waals surface area (Å²) in [4.78, 5) is 10.1. The highest BCUT2D eigenvalue weighted by Crippen LogP contribution is 2.55. The molecule has 0 amide bonds. The van der Waals surface area contributed by atoms with E-state index >= 15 is 0 Å². The van der Waals surface area contributed by atoms with Crippen molar-refractivity contribution in [2.75, 3.05) is 19.6 Å². The Kier molecular flexibility index (Phi) is 11.3. The molecule has 13 aromatic rings. The Morgan fingerprint density at radius 1 is 0.239 bits per heavy atom. The van der Waals surface area contributed by atoms with Crippen LogP contribution in [0.25, 0.3) is 22.3 Å². The van der Waals surface area contributed by atoms with E-state index in [4.69, 9.17) is 9.47 Å². The minimum atomic E-state index is -0.207. The third-order valence-electron chi connectivity index (χ3n) is 20.7. The van der Waals surface area contributed by atoms with E-state index in [2.05, 4.69) is 278 Å². The molecule has 0 spiro atoms. The van der Waals surface area contributed by atoms with Gasteiger partial charge in [0, 0.05) is 103 Å². The molecule has 0 N–H and O–H groups in total. The van der Waals surface area contributed by atoms with E-state index in [0.29, 0.717) is 0 Å². The maximum absolute atomic E-state index is 7.09. The summed E-state index contributed by atoms with van der Waals surface area (Å²) in [6, 6.07) is 107. The Labute approximate surface area is 537 Å². The first-order valence-corrected chi connectivity index (χ1v) is 32.1. The Hall–Kier alpha value is -11.2. The second-order valence-electron chi connectivity index (χ2n) is 26.3. The van der Waals surface area contributed by atoms with Gasteiger partial charge in [0.25, 0.3) is 13.4 Å². The number of para-hydroxylation sites is 6. The van der Waals surface area contributed by atoms with Crippen LogP contribution in [-0.4, -0.2) is 13.4 Å². The highest BCUT2D eigenvalue weighted by atomic mass is 16.5. The van der Waals surface area contributed by atoms with E-state index in [1.165, 1.54) is 77.3 Å². The normalized spacial score (nSPS) is 14.8. The quantitative estimate of drug-likeness (QED) is 0.141. The average Bonchev–Trinajstić information content (AvgIpc) is 0.985. The standard InChI is InChI=1S/C84H60B2N4O2/c1-83(2)65-35-19-17-33-61(65)63-43-41-55(45-67(63)83)89-73-39-23-21-37-69(73)85-71-51-72-76(52-75(71)87(53-25-9-5-10-26-53)77-47-59(49-79(89)81(77)85)91-57-29-13-7-14-30-57)88(54-27-11-6-12-28-54)78-48-60(92-58-31-15-8-16-32-58)50-80-82(78)86(72)70-38-22-24-40-74(70)90(80)56-42-44-64-62-34-18-20-36-66(62)84(3,4)68(64)46-56/h5-52H,1-4H3. The van der Waals surface area contributed by atoms with Crippen molar-refractivity contribution in [3.05, 3.63) is 313 Å². The van der Waals surface area contributed by atoms with Gasteiger partial charge in [0.15, 0.2) is 0 Å². The molecule has 92 heavy (non-hydrogen) atoms. The average molecular weight is 1180 g/mol. The molecule has 0 saturated carbocycles. The van der Waals surface area contributed by atoms with Gasteiger partial charge in [-0.3, -0.25) is 0 Å². The lowest BCUT2D eigenvalue weighted by atomic mass is 9.30. The number of anilines is 12. The number of rotatable bonds is 8.